The Morgan fingerprint density at radius 3 is 3.08 bits per heavy atom. The molecule has 3 nitrogen and oxygen atoms in total. The topological polar surface area (TPSA) is 34.9 Å². The minimum absolute atomic E-state index is 0.0792. The Kier molecular flexibility index (Phi) is 2.80. The van der Waals surface area contributed by atoms with Gasteiger partial charge in [-0.2, -0.15) is 0 Å². The number of ketones is 1. The first kappa shape index (κ1) is 8.71. The van der Waals surface area contributed by atoms with E-state index in [1.807, 2.05) is 7.05 Å². The fraction of sp³-hybridized carbons (Fsp3) is 0.333. The lowest BCUT2D eigenvalue weighted by Gasteiger charge is -1.91. The van der Waals surface area contributed by atoms with Crippen molar-refractivity contribution in [1.82, 2.24) is 9.55 Å². The number of allylic oxidation sites excluding steroid dienone is 1. The zero-order chi connectivity index (χ0) is 8.97. The van der Waals surface area contributed by atoms with Gasteiger partial charge >= 0.3 is 0 Å². The molecule has 0 N–H and O–H groups in total. The van der Waals surface area contributed by atoms with Crippen molar-refractivity contribution < 1.29 is 4.79 Å². The molecule has 0 bridgehead atoms. The number of imidazole rings is 1. The summed E-state index contributed by atoms with van der Waals surface area (Å²) in [4.78, 5) is 15.2. The summed E-state index contributed by atoms with van der Waals surface area (Å²) in [6.45, 7) is 3.55. The Bertz CT molecular complexity index is 288. The maximum absolute atomic E-state index is 11.3. The van der Waals surface area contributed by atoms with Crippen LogP contribution in [0.2, 0.25) is 0 Å². The SMILES string of the molecule is C=CCCC(=O)c1cn(C)cn1. The second kappa shape index (κ2) is 3.85. The molecule has 1 aromatic rings. The van der Waals surface area contributed by atoms with E-state index in [1.54, 1.807) is 23.2 Å². The van der Waals surface area contributed by atoms with Crippen LogP contribution >= 0.6 is 0 Å². The van der Waals surface area contributed by atoms with Gasteiger partial charge < -0.3 is 4.57 Å². The summed E-state index contributed by atoms with van der Waals surface area (Å²) in [5, 5.41) is 0. The maximum atomic E-state index is 11.3. The third-order valence-electron chi connectivity index (χ3n) is 1.57. The molecule has 0 spiro atoms. The summed E-state index contributed by atoms with van der Waals surface area (Å²) in [7, 11) is 1.84. The van der Waals surface area contributed by atoms with Gasteiger partial charge in [0.15, 0.2) is 5.78 Å². The zero-order valence-corrected chi connectivity index (χ0v) is 7.16. The van der Waals surface area contributed by atoms with Crippen LogP contribution in [0.5, 0.6) is 0 Å². The van der Waals surface area contributed by atoms with Gasteiger partial charge in [0.05, 0.1) is 6.33 Å². The van der Waals surface area contributed by atoms with Crippen LogP contribution in [-0.2, 0) is 7.05 Å². The Morgan fingerprint density at radius 2 is 2.58 bits per heavy atom. The quantitative estimate of drug-likeness (QED) is 0.500. The molecule has 0 saturated heterocycles. The van der Waals surface area contributed by atoms with Crippen molar-refractivity contribution in [3.05, 3.63) is 30.9 Å². The molecule has 0 aliphatic carbocycles. The van der Waals surface area contributed by atoms with Crippen molar-refractivity contribution in [3.63, 3.8) is 0 Å². The predicted octanol–water partition coefficient (Wildman–Crippen LogP) is 1.57. The van der Waals surface area contributed by atoms with Crippen molar-refractivity contribution in [2.45, 2.75) is 12.8 Å². The maximum Gasteiger partial charge on any atom is 0.183 e. The highest BCUT2D eigenvalue weighted by atomic mass is 16.1. The van der Waals surface area contributed by atoms with Gasteiger partial charge in [-0.15, -0.1) is 6.58 Å². The molecule has 0 saturated carbocycles. The Morgan fingerprint density at radius 1 is 1.83 bits per heavy atom. The van der Waals surface area contributed by atoms with Crippen molar-refractivity contribution in [2.75, 3.05) is 0 Å². The lowest BCUT2D eigenvalue weighted by atomic mass is 10.2. The molecule has 0 aromatic carbocycles. The zero-order valence-electron chi connectivity index (χ0n) is 7.16. The normalized spacial score (nSPS) is 9.75. The van der Waals surface area contributed by atoms with Gasteiger partial charge in [-0.3, -0.25) is 4.79 Å². The molecular formula is C9H12N2O. The van der Waals surface area contributed by atoms with E-state index in [4.69, 9.17) is 0 Å². The highest BCUT2D eigenvalue weighted by Crippen LogP contribution is 2.01. The van der Waals surface area contributed by atoms with Gasteiger partial charge in [-0.05, 0) is 6.42 Å². The average Bonchev–Trinajstić information content (AvgIpc) is 2.47. The van der Waals surface area contributed by atoms with Gasteiger partial charge in [0.1, 0.15) is 5.69 Å². The summed E-state index contributed by atoms with van der Waals surface area (Å²) in [6.07, 6.45) is 6.31. The molecule has 3 heteroatoms. The summed E-state index contributed by atoms with van der Waals surface area (Å²) >= 11 is 0. The molecule has 0 fully saturated rings. The molecule has 0 atom stereocenters. The molecule has 0 aliphatic heterocycles. The van der Waals surface area contributed by atoms with Gasteiger partial charge in [0.25, 0.3) is 0 Å². The minimum atomic E-state index is 0.0792. The molecule has 0 aliphatic rings. The van der Waals surface area contributed by atoms with Crippen LogP contribution in [0.25, 0.3) is 0 Å². The third-order valence-corrected chi connectivity index (χ3v) is 1.57. The van der Waals surface area contributed by atoms with Gasteiger partial charge in [0.2, 0.25) is 0 Å². The van der Waals surface area contributed by atoms with Crippen LogP contribution in [0, 0.1) is 0 Å². The van der Waals surface area contributed by atoms with Crippen LogP contribution in [0.4, 0.5) is 0 Å². The van der Waals surface area contributed by atoms with E-state index in [0.717, 1.165) is 6.42 Å². The Hall–Kier alpha value is -1.38. The molecule has 1 aromatic heterocycles. The van der Waals surface area contributed by atoms with Crippen molar-refractivity contribution in [2.24, 2.45) is 7.05 Å². The van der Waals surface area contributed by atoms with E-state index in [0.29, 0.717) is 12.1 Å². The van der Waals surface area contributed by atoms with Crippen molar-refractivity contribution in [1.29, 1.82) is 0 Å². The standard InChI is InChI=1S/C9H12N2O/c1-3-4-5-9(12)8-6-11(2)7-10-8/h3,6-7H,1,4-5H2,2H3. The van der Waals surface area contributed by atoms with E-state index in [-0.39, 0.29) is 5.78 Å². The Balaban J connectivity index is 2.59. The first-order valence-corrected chi connectivity index (χ1v) is 3.86. The second-order valence-corrected chi connectivity index (χ2v) is 2.67. The van der Waals surface area contributed by atoms with E-state index in [1.165, 1.54) is 0 Å². The van der Waals surface area contributed by atoms with Gasteiger partial charge in [-0.1, -0.05) is 6.08 Å². The lowest BCUT2D eigenvalue weighted by molar-refractivity contribution is 0.0979. The highest BCUT2D eigenvalue weighted by molar-refractivity contribution is 5.94. The van der Waals surface area contributed by atoms with Gasteiger partial charge in [-0.25, -0.2) is 4.98 Å². The molecule has 12 heavy (non-hydrogen) atoms. The molecule has 1 heterocycles. The summed E-state index contributed by atoms with van der Waals surface area (Å²) in [5.74, 6) is 0.0792. The highest BCUT2D eigenvalue weighted by Gasteiger charge is 2.06. The first-order valence-electron chi connectivity index (χ1n) is 3.86. The number of aryl methyl sites for hydroxylation is 1. The number of aromatic nitrogens is 2. The Labute approximate surface area is 71.7 Å². The monoisotopic (exact) mass is 164 g/mol. The summed E-state index contributed by atoms with van der Waals surface area (Å²) < 4.78 is 1.77. The smallest absolute Gasteiger partial charge is 0.183 e. The number of hydrogen-bond acceptors (Lipinski definition) is 2. The van der Waals surface area contributed by atoms with Crippen LogP contribution in [0.1, 0.15) is 23.3 Å². The van der Waals surface area contributed by atoms with Gasteiger partial charge in [0, 0.05) is 19.7 Å². The number of rotatable bonds is 4. The van der Waals surface area contributed by atoms with Crippen molar-refractivity contribution >= 4 is 5.78 Å². The summed E-state index contributed by atoms with van der Waals surface area (Å²) in [6, 6.07) is 0. The van der Waals surface area contributed by atoms with E-state index < -0.39 is 0 Å². The van der Waals surface area contributed by atoms with E-state index in [2.05, 4.69) is 11.6 Å². The van der Waals surface area contributed by atoms with Crippen LogP contribution in [0.15, 0.2) is 25.2 Å². The molecular weight excluding hydrogens is 152 g/mol. The largest absolute Gasteiger partial charge is 0.340 e. The lowest BCUT2D eigenvalue weighted by Crippen LogP contribution is -1.98. The van der Waals surface area contributed by atoms with Crippen LogP contribution in [0.3, 0.4) is 0 Å². The third kappa shape index (κ3) is 2.05. The number of carbonyl (C=O) groups is 1. The molecule has 0 amide bonds. The van der Waals surface area contributed by atoms with Crippen LogP contribution < -0.4 is 0 Å². The number of hydrogen-bond donors (Lipinski definition) is 0. The number of nitrogens with zero attached hydrogens (tertiary/aromatic N) is 2. The van der Waals surface area contributed by atoms with E-state index in [9.17, 15) is 4.79 Å². The summed E-state index contributed by atoms with van der Waals surface area (Å²) in [5.41, 5.74) is 0.541. The van der Waals surface area contributed by atoms with Crippen LogP contribution in [-0.4, -0.2) is 15.3 Å². The molecule has 64 valence electrons. The average molecular weight is 164 g/mol. The number of carbonyl (C=O) groups excluding carboxylic acids is 1. The second-order valence-electron chi connectivity index (χ2n) is 2.67. The first-order chi connectivity index (χ1) is 5.74. The van der Waals surface area contributed by atoms with E-state index >= 15 is 0 Å². The molecule has 1 rings (SSSR count). The fourth-order valence-corrected chi connectivity index (χ4v) is 0.918. The fourth-order valence-electron chi connectivity index (χ4n) is 0.918. The minimum Gasteiger partial charge on any atom is -0.340 e. The molecule has 0 radical (unpaired) electrons. The number of Topliss-reactive ketones (excluding diaryl/α,β-unsaturated/α-hetero) is 1. The molecule has 0 unspecified atom stereocenters. The van der Waals surface area contributed by atoms with Crippen molar-refractivity contribution in [3.8, 4) is 0 Å². The predicted molar refractivity (Wildman–Crippen MR) is 47.0 cm³/mol.